The largest absolute Gasteiger partial charge is 0.489 e. The highest BCUT2D eigenvalue weighted by molar-refractivity contribution is 6.00. The molecule has 4 aromatic carbocycles. The first-order chi connectivity index (χ1) is 15.7. The van der Waals surface area contributed by atoms with Crippen LogP contribution >= 0.6 is 0 Å². The number of ether oxygens (including phenoxy) is 2. The average molecular weight is 427 g/mol. The molecule has 0 aliphatic heterocycles. The number of aliphatic hydroxyl groups excluding tert-OH is 1. The average Bonchev–Trinajstić information content (AvgIpc) is 2.83. The summed E-state index contributed by atoms with van der Waals surface area (Å²) in [6.45, 7) is 2.07. The van der Waals surface area contributed by atoms with E-state index in [1.165, 1.54) is 6.92 Å². The van der Waals surface area contributed by atoms with Gasteiger partial charge in [0.2, 0.25) is 0 Å². The van der Waals surface area contributed by atoms with Crippen molar-refractivity contribution in [2.24, 2.45) is 0 Å². The van der Waals surface area contributed by atoms with Crippen molar-refractivity contribution in [2.45, 2.75) is 26.6 Å². The fourth-order valence-corrected chi connectivity index (χ4v) is 3.97. The van der Waals surface area contributed by atoms with Crippen LogP contribution in [-0.4, -0.2) is 17.7 Å². The van der Waals surface area contributed by atoms with Crippen molar-refractivity contribution >= 4 is 16.7 Å². The normalized spacial score (nSPS) is 10.8. The summed E-state index contributed by atoms with van der Waals surface area (Å²) in [5.41, 5.74) is 5.03. The molecule has 162 valence electrons. The summed E-state index contributed by atoms with van der Waals surface area (Å²) >= 11 is 0. The molecule has 32 heavy (non-hydrogen) atoms. The summed E-state index contributed by atoms with van der Waals surface area (Å²) in [6, 6.07) is 28.2. The lowest BCUT2D eigenvalue weighted by Crippen LogP contribution is -2.07. The van der Waals surface area contributed by atoms with Gasteiger partial charge in [-0.1, -0.05) is 66.7 Å². The summed E-state index contributed by atoms with van der Waals surface area (Å²) in [5.74, 6) is 0.467. The van der Waals surface area contributed by atoms with Gasteiger partial charge in [-0.3, -0.25) is 4.79 Å². The minimum absolute atomic E-state index is 0.0969. The number of fused-ring (bicyclic) bond motifs is 1. The van der Waals surface area contributed by atoms with Crippen LogP contribution in [0.3, 0.4) is 0 Å². The van der Waals surface area contributed by atoms with E-state index in [2.05, 4.69) is 18.2 Å². The van der Waals surface area contributed by atoms with Crippen LogP contribution in [0.25, 0.3) is 21.9 Å². The monoisotopic (exact) mass is 426 g/mol. The first-order valence-electron chi connectivity index (χ1n) is 10.7. The van der Waals surface area contributed by atoms with E-state index in [4.69, 9.17) is 9.47 Å². The Morgan fingerprint density at radius 3 is 2.31 bits per heavy atom. The maximum atomic E-state index is 11.3. The molecular weight excluding hydrogens is 400 g/mol. The molecule has 1 N–H and O–H groups in total. The molecular formula is C28H26O4. The van der Waals surface area contributed by atoms with Gasteiger partial charge in [-0.25, -0.2) is 0 Å². The lowest BCUT2D eigenvalue weighted by atomic mass is 9.88. The van der Waals surface area contributed by atoms with Crippen molar-refractivity contribution in [2.75, 3.05) is 6.61 Å². The van der Waals surface area contributed by atoms with Crippen LogP contribution in [0.1, 0.15) is 23.6 Å². The molecule has 4 aromatic rings. The van der Waals surface area contributed by atoms with Gasteiger partial charge in [-0.15, -0.1) is 0 Å². The zero-order chi connectivity index (χ0) is 22.3. The van der Waals surface area contributed by atoms with Crippen LogP contribution < -0.4 is 4.74 Å². The summed E-state index contributed by atoms with van der Waals surface area (Å²) in [7, 11) is 0. The maximum absolute atomic E-state index is 11.3. The van der Waals surface area contributed by atoms with Gasteiger partial charge in [0, 0.05) is 13.3 Å². The molecule has 0 heterocycles. The van der Waals surface area contributed by atoms with Gasteiger partial charge in [-0.05, 0) is 56.8 Å². The minimum atomic E-state index is -0.308. The molecule has 0 radical (unpaired) electrons. The number of esters is 1. The van der Waals surface area contributed by atoms with Crippen molar-refractivity contribution in [3.63, 3.8) is 0 Å². The Balaban J connectivity index is 1.76. The molecule has 0 spiro atoms. The van der Waals surface area contributed by atoms with Crippen LogP contribution in [0.5, 0.6) is 5.75 Å². The highest BCUT2D eigenvalue weighted by Crippen LogP contribution is 2.37. The summed E-state index contributed by atoms with van der Waals surface area (Å²) < 4.78 is 11.2. The number of benzene rings is 4. The minimum Gasteiger partial charge on any atom is -0.489 e. The molecule has 4 heteroatoms. The van der Waals surface area contributed by atoms with Gasteiger partial charge in [0.1, 0.15) is 12.4 Å². The molecule has 0 aliphatic rings. The lowest BCUT2D eigenvalue weighted by Gasteiger charge is -2.18. The van der Waals surface area contributed by atoms with Crippen LogP contribution in [0, 0.1) is 0 Å². The standard InChI is InChI=1S/C28H26O4/c1-20(30)31-15-14-27-24(18-29)16-23-17-25(32-19-21-8-4-2-5-9-21)12-13-26(23)28(27)22-10-6-3-7-11-22/h2-13,16-17,29H,14-15,18-19H2,1H3. The second-order valence-electron chi connectivity index (χ2n) is 7.66. The Morgan fingerprint density at radius 1 is 0.906 bits per heavy atom. The van der Waals surface area contributed by atoms with Crippen LogP contribution in [-0.2, 0) is 29.2 Å². The predicted molar refractivity (Wildman–Crippen MR) is 126 cm³/mol. The smallest absolute Gasteiger partial charge is 0.302 e. The second-order valence-corrected chi connectivity index (χ2v) is 7.66. The first-order valence-corrected chi connectivity index (χ1v) is 10.7. The Bertz CT molecular complexity index is 1200. The lowest BCUT2D eigenvalue weighted by molar-refractivity contribution is -0.140. The summed E-state index contributed by atoms with van der Waals surface area (Å²) in [4.78, 5) is 11.3. The number of rotatable bonds is 8. The Hall–Kier alpha value is -3.63. The summed E-state index contributed by atoms with van der Waals surface area (Å²) in [5, 5.41) is 12.2. The fraction of sp³-hybridized carbons (Fsp3) is 0.179. The highest BCUT2D eigenvalue weighted by Gasteiger charge is 2.16. The Kier molecular flexibility index (Phi) is 6.83. The highest BCUT2D eigenvalue weighted by atomic mass is 16.5. The van der Waals surface area contributed by atoms with Crippen molar-refractivity contribution < 1.29 is 19.4 Å². The maximum Gasteiger partial charge on any atom is 0.302 e. The van der Waals surface area contributed by atoms with Gasteiger partial charge in [0.25, 0.3) is 0 Å². The second kappa shape index (κ2) is 10.1. The topological polar surface area (TPSA) is 55.8 Å². The van der Waals surface area contributed by atoms with Gasteiger partial charge >= 0.3 is 5.97 Å². The summed E-state index contributed by atoms with van der Waals surface area (Å²) in [6.07, 6.45) is 0.530. The number of carbonyl (C=O) groups excluding carboxylic acids is 1. The third-order valence-corrected chi connectivity index (χ3v) is 5.45. The first kappa shape index (κ1) is 21.6. The molecule has 4 nitrogen and oxygen atoms in total. The Morgan fingerprint density at radius 2 is 1.62 bits per heavy atom. The molecule has 4 rings (SSSR count). The van der Waals surface area contributed by atoms with Crippen LogP contribution in [0.15, 0.2) is 84.9 Å². The van der Waals surface area contributed by atoms with Crippen LogP contribution in [0.4, 0.5) is 0 Å². The molecule has 0 aliphatic carbocycles. The molecule has 0 unspecified atom stereocenters. The van der Waals surface area contributed by atoms with E-state index in [-0.39, 0.29) is 19.2 Å². The fourth-order valence-electron chi connectivity index (χ4n) is 3.97. The van der Waals surface area contributed by atoms with E-state index in [0.29, 0.717) is 13.0 Å². The molecule has 0 saturated heterocycles. The van der Waals surface area contributed by atoms with Crippen LogP contribution in [0.2, 0.25) is 0 Å². The zero-order valence-electron chi connectivity index (χ0n) is 18.1. The number of aliphatic hydroxyl groups is 1. The SMILES string of the molecule is CC(=O)OCCc1c(CO)cc2cc(OCc3ccccc3)ccc2c1-c1ccccc1. The van der Waals surface area contributed by atoms with E-state index in [1.54, 1.807) is 0 Å². The van der Waals surface area contributed by atoms with E-state index in [1.807, 2.05) is 66.7 Å². The molecule has 0 fully saturated rings. The quantitative estimate of drug-likeness (QED) is 0.368. The Labute approximate surface area is 188 Å². The van der Waals surface area contributed by atoms with Gasteiger partial charge in [0.15, 0.2) is 0 Å². The van der Waals surface area contributed by atoms with Gasteiger partial charge in [-0.2, -0.15) is 0 Å². The number of hydrogen-bond acceptors (Lipinski definition) is 4. The molecule has 0 amide bonds. The van der Waals surface area contributed by atoms with E-state index < -0.39 is 0 Å². The van der Waals surface area contributed by atoms with E-state index >= 15 is 0 Å². The van der Waals surface area contributed by atoms with Crippen molar-refractivity contribution in [1.82, 2.24) is 0 Å². The molecule has 0 bridgehead atoms. The van der Waals surface area contributed by atoms with Crippen molar-refractivity contribution in [1.29, 1.82) is 0 Å². The van der Waals surface area contributed by atoms with Crippen molar-refractivity contribution in [3.8, 4) is 16.9 Å². The van der Waals surface area contributed by atoms with E-state index in [0.717, 1.165) is 44.3 Å². The third kappa shape index (κ3) is 4.98. The number of carbonyl (C=O) groups is 1. The third-order valence-electron chi connectivity index (χ3n) is 5.45. The molecule has 0 aromatic heterocycles. The predicted octanol–water partition coefficient (Wildman–Crippen LogP) is 5.68. The van der Waals surface area contributed by atoms with Gasteiger partial charge < -0.3 is 14.6 Å². The number of hydrogen-bond donors (Lipinski definition) is 1. The molecule has 0 saturated carbocycles. The van der Waals surface area contributed by atoms with Crippen molar-refractivity contribution in [3.05, 3.63) is 102 Å². The zero-order valence-corrected chi connectivity index (χ0v) is 18.1. The van der Waals surface area contributed by atoms with E-state index in [9.17, 15) is 9.90 Å². The van der Waals surface area contributed by atoms with Gasteiger partial charge in [0.05, 0.1) is 13.2 Å². The molecule has 0 atom stereocenters.